The summed E-state index contributed by atoms with van der Waals surface area (Å²) >= 11 is 0. The first-order valence-corrected chi connectivity index (χ1v) is 8.20. The lowest BCUT2D eigenvalue weighted by molar-refractivity contribution is 0.167. The number of benzene rings is 1. The van der Waals surface area contributed by atoms with Crippen LogP contribution in [0, 0.1) is 5.82 Å². The van der Waals surface area contributed by atoms with E-state index in [1.807, 2.05) is 0 Å². The van der Waals surface area contributed by atoms with Gasteiger partial charge in [-0.15, -0.1) is 5.11 Å². The summed E-state index contributed by atoms with van der Waals surface area (Å²) in [5, 5.41) is 17.9. The van der Waals surface area contributed by atoms with Gasteiger partial charge in [0, 0.05) is 30.6 Å². The number of azo groups is 1. The molecular formula is C17H24FN5O2. The third-order valence-corrected chi connectivity index (χ3v) is 4.13. The molecule has 8 heteroatoms. The Morgan fingerprint density at radius 2 is 1.96 bits per heavy atom. The molecule has 1 aromatic heterocycles. The molecule has 0 saturated heterocycles. The molecule has 136 valence electrons. The largest absolute Gasteiger partial charge is 0.493 e. The summed E-state index contributed by atoms with van der Waals surface area (Å²) in [7, 11) is 0. The van der Waals surface area contributed by atoms with Gasteiger partial charge in [0.05, 0.1) is 5.52 Å². The van der Waals surface area contributed by atoms with E-state index in [0.717, 1.165) is 0 Å². The van der Waals surface area contributed by atoms with Crippen LogP contribution in [0.15, 0.2) is 28.4 Å². The van der Waals surface area contributed by atoms with Gasteiger partial charge in [-0.05, 0) is 45.9 Å². The van der Waals surface area contributed by atoms with E-state index in [1.54, 1.807) is 10.6 Å². The van der Waals surface area contributed by atoms with Crippen molar-refractivity contribution in [1.29, 1.82) is 0 Å². The van der Waals surface area contributed by atoms with E-state index in [4.69, 9.17) is 5.73 Å². The van der Waals surface area contributed by atoms with Crippen LogP contribution in [-0.2, 0) is 6.54 Å². The quantitative estimate of drug-likeness (QED) is 0.777. The first-order valence-electron chi connectivity index (χ1n) is 8.20. The minimum atomic E-state index is -0.984. The highest BCUT2D eigenvalue weighted by Gasteiger charge is 2.20. The third-order valence-electron chi connectivity index (χ3n) is 4.13. The molecule has 0 fully saturated rings. The molecule has 0 saturated carbocycles. The third kappa shape index (κ3) is 4.14. The summed E-state index contributed by atoms with van der Waals surface area (Å²) in [5.74, 6) is -0.635. The Morgan fingerprint density at radius 3 is 2.52 bits per heavy atom. The minimum Gasteiger partial charge on any atom is -0.493 e. The van der Waals surface area contributed by atoms with Gasteiger partial charge < -0.3 is 15.4 Å². The van der Waals surface area contributed by atoms with E-state index in [1.165, 1.54) is 12.1 Å². The highest BCUT2D eigenvalue weighted by Crippen LogP contribution is 2.39. The van der Waals surface area contributed by atoms with Crippen LogP contribution in [0.2, 0.25) is 0 Å². The molecule has 0 aliphatic heterocycles. The predicted octanol–water partition coefficient (Wildman–Crippen LogP) is 3.77. The van der Waals surface area contributed by atoms with Gasteiger partial charge in [0.1, 0.15) is 5.82 Å². The Kier molecular flexibility index (Phi) is 5.73. The maximum Gasteiger partial charge on any atom is 0.356 e. The zero-order chi connectivity index (χ0) is 18.7. The second-order valence-electron chi connectivity index (χ2n) is 6.45. The van der Waals surface area contributed by atoms with Crippen LogP contribution in [0.3, 0.4) is 0 Å². The van der Waals surface area contributed by atoms with E-state index in [2.05, 4.69) is 42.8 Å². The van der Waals surface area contributed by atoms with E-state index < -0.39 is 11.8 Å². The van der Waals surface area contributed by atoms with Crippen LogP contribution < -0.4 is 5.73 Å². The van der Waals surface area contributed by atoms with Crippen molar-refractivity contribution in [2.24, 2.45) is 16.0 Å². The van der Waals surface area contributed by atoms with Gasteiger partial charge in [-0.3, -0.25) is 4.90 Å². The molecule has 3 N–H and O–H groups in total. The molecule has 25 heavy (non-hydrogen) atoms. The van der Waals surface area contributed by atoms with Gasteiger partial charge in [0.2, 0.25) is 5.88 Å². The Hall–Kier alpha value is -2.48. The highest BCUT2D eigenvalue weighted by molar-refractivity contribution is 5.95. The molecular weight excluding hydrogens is 325 g/mol. The first kappa shape index (κ1) is 18.9. The van der Waals surface area contributed by atoms with E-state index >= 15 is 0 Å². The summed E-state index contributed by atoms with van der Waals surface area (Å²) in [6.45, 7) is 9.60. The van der Waals surface area contributed by atoms with Crippen LogP contribution in [-0.4, -0.2) is 39.2 Å². The second-order valence-corrected chi connectivity index (χ2v) is 6.45. The normalized spacial score (nSPS) is 12.3. The number of aromatic hydroxyl groups is 1. The topological polar surface area (TPSA) is 96.2 Å². The van der Waals surface area contributed by atoms with Crippen LogP contribution in [0.4, 0.5) is 14.9 Å². The standard InChI is InChI=1S/C17H24FN5O2/c1-10(2)22(11(3)4)7-8-23-14-6-5-12(18)9-13(14)15(16(23)24)20-21-17(19)25/h5-6,9-11,24H,7-8H2,1-4H3,(H2,19,25). The Balaban J connectivity index is 2.46. The molecule has 2 amide bonds. The number of amides is 2. The number of primary amides is 1. The number of aromatic nitrogens is 1. The lowest BCUT2D eigenvalue weighted by Crippen LogP contribution is -2.39. The first-order chi connectivity index (χ1) is 11.7. The van der Waals surface area contributed by atoms with Crippen molar-refractivity contribution in [3.63, 3.8) is 0 Å². The zero-order valence-corrected chi connectivity index (χ0v) is 14.9. The molecule has 1 heterocycles. The van der Waals surface area contributed by atoms with Gasteiger partial charge in [-0.25, -0.2) is 9.18 Å². The van der Waals surface area contributed by atoms with Crippen molar-refractivity contribution < 1.29 is 14.3 Å². The number of halogens is 1. The van der Waals surface area contributed by atoms with E-state index in [9.17, 15) is 14.3 Å². The molecule has 0 atom stereocenters. The van der Waals surface area contributed by atoms with Crippen molar-refractivity contribution >= 4 is 22.6 Å². The van der Waals surface area contributed by atoms with Crippen molar-refractivity contribution in [2.75, 3.05) is 6.54 Å². The van der Waals surface area contributed by atoms with Crippen LogP contribution in [0.1, 0.15) is 27.7 Å². The zero-order valence-electron chi connectivity index (χ0n) is 14.9. The summed E-state index contributed by atoms with van der Waals surface area (Å²) in [6, 6.07) is 3.84. The smallest absolute Gasteiger partial charge is 0.356 e. The average molecular weight is 349 g/mol. The lowest BCUT2D eigenvalue weighted by atomic mass is 10.2. The Morgan fingerprint density at radius 1 is 1.32 bits per heavy atom. The van der Waals surface area contributed by atoms with Crippen molar-refractivity contribution in [1.82, 2.24) is 9.47 Å². The summed E-state index contributed by atoms with van der Waals surface area (Å²) in [4.78, 5) is 13.1. The van der Waals surface area contributed by atoms with Crippen LogP contribution in [0.25, 0.3) is 10.9 Å². The Bertz CT molecular complexity index is 790. The van der Waals surface area contributed by atoms with Crippen molar-refractivity contribution in [3.05, 3.63) is 24.0 Å². The molecule has 2 aromatic rings. The summed E-state index contributed by atoms with van der Waals surface area (Å²) in [5.41, 5.74) is 5.62. The fourth-order valence-corrected chi connectivity index (χ4v) is 3.05. The van der Waals surface area contributed by atoms with Gasteiger partial charge in [0.25, 0.3) is 0 Å². The predicted molar refractivity (Wildman–Crippen MR) is 94.6 cm³/mol. The number of carbonyl (C=O) groups is 1. The molecule has 0 spiro atoms. The summed E-state index contributed by atoms with van der Waals surface area (Å²) in [6.07, 6.45) is 0. The van der Waals surface area contributed by atoms with Crippen molar-refractivity contribution in [3.8, 4) is 5.88 Å². The fourth-order valence-electron chi connectivity index (χ4n) is 3.05. The van der Waals surface area contributed by atoms with Crippen molar-refractivity contribution in [2.45, 2.75) is 46.3 Å². The van der Waals surface area contributed by atoms with Gasteiger partial charge >= 0.3 is 6.03 Å². The number of nitrogens with two attached hydrogens (primary N) is 1. The summed E-state index contributed by atoms with van der Waals surface area (Å²) < 4.78 is 15.3. The average Bonchev–Trinajstić information content (AvgIpc) is 2.76. The number of carbonyl (C=O) groups excluding carboxylic acids is 1. The SMILES string of the molecule is CC(C)N(CCn1c(O)c(N=NC(N)=O)c2cc(F)ccc21)C(C)C. The molecule has 0 bridgehead atoms. The number of rotatable bonds is 6. The molecule has 7 nitrogen and oxygen atoms in total. The monoisotopic (exact) mass is 349 g/mol. The fraction of sp³-hybridized carbons (Fsp3) is 0.471. The molecule has 2 rings (SSSR count). The van der Waals surface area contributed by atoms with E-state index in [-0.39, 0.29) is 11.6 Å². The van der Waals surface area contributed by atoms with Crippen LogP contribution >= 0.6 is 0 Å². The Labute approximate surface area is 145 Å². The number of nitrogens with zero attached hydrogens (tertiary/aromatic N) is 4. The molecule has 0 radical (unpaired) electrons. The van der Waals surface area contributed by atoms with Crippen LogP contribution in [0.5, 0.6) is 5.88 Å². The number of hydrogen-bond donors (Lipinski definition) is 2. The molecule has 0 aliphatic carbocycles. The molecule has 1 aromatic carbocycles. The van der Waals surface area contributed by atoms with Gasteiger partial charge in [-0.2, -0.15) is 0 Å². The highest BCUT2D eigenvalue weighted by atomic mass is 19.1. The second kappa shape index (κ2) is 7.60. The number of hydrogen-bond acceptors (Lipinski definition) is 4. The lowest BCUT2D eigenvalue weighted by Gasteiger charge is -2.30. The minimum absolute atomic E-state index is 0.0361. The molecule has 0 aliphatic rings. The maximum absolute atomic E-state index is 13.6. The number of urea groups is 1. The van der Waals surface area contributed by atoms with Gasteiger partial charge in [-0.1, -0.05) is 5.11 Å². The molecule has 0 unspecified atom stereocenters. The van der Waals surface area contributed by atoms with Gasteiger partial charge in [0.15, 0.2) is 5.69 Å². The van der Waals surface area contributed by atoms with E-state index in [0.29, 0.717) is 36.1 Å². The maximum atomic E-state index is 13.6. The number of fused-ring (bicyclic) bond motifs is 1.